The summed E-state index contributed by atoms with van der Waals surface area (Å²) in [6.45, 7) is 5.56. The van der Waals surface area contributed by atoms with E-state index >= 15 is 0 Å². The molecule has 0 bridgehead atoms. The average Bonchev–Trinajstić information content (AvgIpc) is 2.17. The lowest BCUT2D eigenvalue weighted by molar-refractivity contribution is 0.0993. The quantitative estimate of drug-likeness (QED) is 0.539. The lowest BCUT2D eigenvalue weighted by Gasteiger charge is -2.02. The second-order valence-corrected chi connectivity index (χ2v) is 3.29. The van der Waals surface area contributed by atoms with E-state index in [9.17, 15) is 4.79 Å². The molecule has 2 heteroatoms. The van der Waals surface area contributed by atoms with Crippen molar-refractivity contribution in [2.75, 3.05) is 7.11 Å². The number of hydrogen-bond acceptors (Lipinski definition) is 2. The van der Waals surface area contributed by atoms with Gasteiger partial charge in [0.2, 0.25) is 0 Å². The zero-order valence-electron chi connectivity index (χ0n) is 8.54. The fraction of sp³-hybridized carbons (Fsp3) is 0.250. The first-order valence-corrected chi connectivity index (χ1v) is 4.45. The molecule has 0 aromatic heterocycles. The molecule has 0 aliphatic heterocycles. The minimum absolute atomic E-state index is 0.0974. The van der Waals surface area contributed by atoms with E-state index in [1.807, 2.05) is 6.92 Å². The summed E-state index contributed by atoms with van der Waals surface area (Å²) in [6, 6.07) is 7.10. The normalized spacial score (nSPS) is 9.57. The van der Waals surface area contributed by atoms with E-state index in [0.717, 1.165) is 11.3 Å². The third-order valence-corrected chi connectivity index (χ3v) is 1.87. The molecule has 0 amide bonds. The van der Waals surface area contributed by atoms with Crippen molar-refractivity contribution in [2.24, 2.45) is 0 Å². The maximum absolute atomic E-state index is 11.6. The van der Waals surface area contributed by atoms with Gasteiger partial charge in [0.1, 0.15) is 5.75 Å². The van der Waals surface area contributed by atoms with E-state index in [1.54, 1.807) is 31.4 Å². The molecule has 0 saturated heterocycles. The molecule has 0 heterocycles. The Morgan fingerprint density at radius 2 is 1.93 bits per heavy atom. The van der Waals surface area contributed by atoms with E-state index in [-0.39, 0.29) is 5.78 Å². The molecule has 0 spiro atoms. The Morgan fingerprint density at radius 3 is 2.36 bits per heavy atom. The van der Waals surface area contributed by atoms with Crippen molar-refractivity contribution in [3.8, 4) is 5.75 Å². The summed E-state index contributed by atoms with van der Waals surface area (Å²) in [5, 5.41) is 0. The predicted molar refractivity (Wildman–Crippen MR) is 56.8 cm³/mol. The summed E-state index contributed by atoms with van der Waals surface area (Å²) in [4.78, 5) is 11.6. The number of methoxy groups -OCH3 is 1. The first-order valence-electron chi connectivity index (χ1n) is 4.45. The highest BCUT2D eigenvalue weighted by atomic mass is 16.5. The van der Waals surface area contributed by atoms with Gasteiger partial charge in [0.25, 0.3) is 0 Å². The lowest BCUT2D eigenvalue weighted by Crippen LogP contribution is -1.98. The highest BCUT2D eigenvalue weighted by Gasteiger charge is 2.05. The SMILES string of the molecule is C=C(C)CC(=O)c1ccc(OC)cc1. The van der Waals surface area contributed by atoms with Gasteiger partial charge in [-0.2, -0.15) is 0 Å². The van der Waals surface area contributed by atoms with Gasteiger partial charge >= 0.3 is 0 Å². The lowest BCUT2D eigenvalue weighted by atomic mass is 10.1. The molecule has 1 aromatic carbocycles. The molecule has 0 saturated carbocycles. The van der Waals surface area contributed by atoms with Gasteiger partial charge in [-0.1, -0.05) is 12.2 Å². The number of hydrogen-bond donors (Lipinski definition) is 0. The van der Waals surface area contributed by atoms with Crippen LogP contribution in [0.25, 0.3) is 0 Å². The molecular formula is C12H14O2. The van der Waals surface area contributed by atoms with Crippen molar-refractivity contribution < 1.29 is 9.53 Å². The molecule has 1 aromatic rings. The van der Waals surface area contributed by atoms with Gasteiger partial charge in [-0.05, 0) is 31.2 Å². The standard InChI is InChI=1S/C12H14O2/c1-9(2)8-12(13)10-4-6-11(14-3)7-5-10/h4-7H,1,8H2,2-3H3. The Labute approximate surface area is 84.2 Å². The van der Waals surface area contributed by atoms with Crippen LogP contribution in [0.1, 0.15) is 23.7 Å². The molecule has 0 fully saturated rings. The predicted octanol–water partition coefficient (Wildman–Crippen LogP) is 2.84. The highest BCUT2D eigenvalue weighted by molar-refractivity contribution is 5.97. The summed E-state index contributed by atoms with van der Waals surface area (Å²) in [7, 11) is 1.60. The van der Waals surface area contributed by atoms with Crippen molar-refractivity contribution >= 4 is 5.78 Å². The van der Waals surface area contributed by atoms with Crippen LogP contribution < -0.4 is 4.74 Å². The van der Waals surface area contributed by atoms with Gasteiger partial charge in [-0.15, -0.1) is 0 Å². The monoisotopic (exact) mass is 190 g/mol. The number of ketones is 1. The van der Waals surface area contributed by atoms with Crippen LogP contribution in [0.15, 0.2) is 36.4 Å². The van der Waals surface area contributed by atoms with Crippen LogP contribution in [-0.2, 0) is 0 Å². The summed E-state index contributed by atoms with van der Waals surface area (Å²) in [5.74, 6) is 0.858. The van der Waals surface area contributed by atoms with Gasteiger partial charge in [0.15, 0.2) is 5.78 Å². The minimum Gasteiger partial charge on any atom is -0.497 e. The van der Waals surface area contributed by atoms with E-state index in [0.29, 0.717) is 12.0 Å². The van der Waals surface area contributed by atoms with Crippen LogP contribution in [-0.4, -0.2) is 12.9 Å². The third kappa shape index (κ3) is 2.73. The average molecular weight is 190 g/mol. The fourth-order valence-electron chi connectivity index (χ4n) is 1.15. The molecule has 0 radical (unpaired) electrons. The Kier molecular flexibility index (Phi) is 3.46. The van der Waals surface area contributed by atoms with Crippen LogP contribution >= 0.6 is 0 Å². The van der Waals surface area contributed by atoms with Crippen molar-refractivity contribution in [1.82, 2.24) is 0 Å². The van der Waals surface area contributed by atoms with Gasteiger partial charge in [0, 0.05) is 12.0 Å². The minimum atomic E-state index is 0.0974. The number of ether oxygens (including phenoxy) is 1. The first kappa shape index (κ1) is 10.5. The summed E-state index contributed by atoms with van der Waals surface area (Å²) >= 11 is 0. The largest absolute Gasteiger partial charge is 0.497 e. The van der Waals surface area contributed by atoms with Gasteiger partial charge in [-0.25, -0.2) is 0 Å². The molecule has 0 aliphatic rings. The zero-order chi connectivity index (χ0) is 10.6. The number of Topliss-reactive ketones (excluding diaryl/α,β-unsaturated/α-hetero) is 1. The topological polar surface area (TPSA) is 26.3 Å². The summed E-state index contributed by atoms with van der Waals surface area (Å²) in [6.07, 6.45) is 0.409. The highest BCUT2D eigenvalue weighted by Crippen LogP contribution is 2.13. The van der Waals surface area contributed by atoms with E-state index < -0.39 is 0 Å². The maximum atomic E-state index is 11.6. The molecule has 0 aliphatic carbocycles. The van der Waals surface area contributed by atoms with Crippen molar-refractivity contribution in [2.45, 2.75) is 13.3 Å². The number of carbonyl (C=O) groups excluding carboxylic acids is 1. The molecule has 0 unspecified atom stereocenters. The van der Waals surface area contributed by atoms with E-state index in [2.05, 4.69) is 6.58 Å². The summed E-state index contributed by atoms with van der Waals surface area (Å²) < 4.78 is 5.00. The van der Waals surface area contributed by atoms with E-state index in [1.165, 1.54) is 0 Å². The number of benzene rings is 1. The van der Waals surface area contributed by atoms with Gasteiger partial charge < -0.3 is 4.74 Å². The smallest absolute Gasteiger partial charge is 0.166 e. The molecule has 0 atom stereocenters. The van der Waals surface area contributed by atoms with Crippen LogP contribution in [0, 0.1) is 0 Å². The Hall–Kier alpha value is -1.57. The number of rotatable bonds is 4. The maximum Gasteiger partial charge on any atom is 0.166 e. The molecular weight excluding hydrogens is 176 g/mol. The van der Waals surface area contributed by atoms with Crippen LogP contribution in [0.3, 0.4) is 0 Å². The number of allylic oxidation sites excluding steroid dienone is 1. The second kappa shape index (κ2) is 4.61. The molecule has 2 nitrogen and oxygen atoms in total. The summed E-state index contributed by atoms with van der Waals surface area (Å²) in [5.41, 5.74) is 1.58. The molecule has 0 N–H and O–H groups in total. The third-order valence-electron chi connectivity index (χ3n) is 1.87. The van der Waals surface area contributed by atoms with Crippen molar-refractivity contribution in [3.63, 3.8) is 0 Å². The fourth-order valence-corrected chi connectivity index (χ4v) is 1.15. The molecule has 1 rings (SSSR count). The Balaban J connectivity index is 2.76. The van der Waals surface area contributed by atoms with Crippen LogP contribution in [0.4, 0.5) is 0 Å². The van der Waals surface area contributed by atoms with Crippen molar-refractivity contribution in [1.29, 1.82) is 0 Å². The Bertz CT molecular complexity index is 336. The van der Waals surface area contributed by atoms with Crippen LogP contribution in [0.2, 0.25) is 0 Å². The van der Waals surface area contributed by atoms with E-state index in [4.69, 9.17) is 4.74 Å². The van der Waals surface area contributed by atoms with Gasteiger partial charge in [-0.3, -0.25) is 4.79 Å². The molecule has 14 heavy (non-hydrogen) atoms. The van der Waals surface area contributed by atoms with Crippen molar-refractivity contribution in [3.05, 3.63) is 42.0 Å². The van der Waals surface area contributed by atoms with Gasteiger partial charge in [0.05, 0.1) is 7.11 Å². The first-order chi connectivity index (χ1) is 6.63. The molecule has 74 valence electrons. The Morgan fingerprint density at radius 1 is 1.36 bits per heavy atom. The second-order valence-electron chi connectivity index (χ2n) is 3.29. The zero-order valence-corrected chi connectivity index (χ0v) is 8.54. The van der Waals surface area contributed by atoms with Crippen LogP contribution in [0.5, 0.6) is 5.75 Å². The number of carbonyl (C=O) groups is 1.